The third-order valence-electron chi connectivity index (χ3n) is 3.94. The molecule has 15 heavy (non-hydrogen) atoms. The quantitative estimate of drug-likeness (QED) is 0.526. The lowest BCUT2D eigenvalue weighted by Crippen LogP contribution is -2.41. The third kappa shape index (κ3) is 1.48. The highest BCUT2D eigenvalue weighted by atomic mass is 16.1. The molecule has 0 saturated carbocycles. The van der Waals surface area contributed by atoms with Crippen LogP contribution in [0.15, 0.2) is 11.3 Å². The summed E-state index contributed by atoms with van der Waals surface area (Å²) in [6.07, 6.45) is 4.14. The van der Waals surface area contributed by atoms with E-state index >= 15 is 0 Å². The molecule has 0 radical (unpaired) electrons. The minimum atomic E-state index is 0.273. The second kappa shape index (κ2) is 3.32. The Hall–Kier alpha value is -0.870. The summed E-state index contributed by atoms with van der Waals surface area (Å²) in [4.78, 5) is 12.0. The molecule has 1 fully saturated rings. The van der Waals surface area contributed by atoms with Crippen molar-refractivity contribution in [3.63, 3.8) is 0 Å². The van der Waals surface area contributed by atoms with Crippen LogP contribution in [0.5, 0.6) is 0 Å². The van der Waals surface area contributed by atoms with E-state index in [9.17, 15) is 4.79 Å². The van der Waals surface area contributed by atoms with E-state index < -0.39 is 0 Å². The Morgan fingerprint density at radius 3 is 2.73 bits per heavy atom. The molecule has 0 atom stereocenters. The summed E-state index contributed by atoms with van der Waals surface area (Å²) in [6.45, 7) is 2.98. The summed E-state index contributed by atoms with van der Waals surface area (Å²) in [5.74, 6) is 0.308. The second-order valence-electron chi connectivity index (χ2n) is 4.98. The number of Topliss-reactive ketones (excluding diaryl/α,β-unsaturated/α-hetero) is 1. The molecule has 0 amide bonds. The standard InChI is InChI=1S/C11H17N3O/c15-9-6-11(1-3-12-4-2-11)5-8-7-13-14-10(8)9/h12-14H,1-7H2. The molecule has 1 spiro atoms. The predicted octanol–water partition coefficient (Wildman–Crippen LogP) is 0.0810. The van der Waals surface area contributed by atoms with E-state index in [-0.39, 0.29) is 5.41 Å². The fourth-order valence-corrected chi connectivity index (χ4v) is 3.09. The molecule has 0 aromatic heterocycles. The van der Waals surface area contributed by atoms with Crippen molar-refractivity contribution < 1.29 is 4.79 Å². The normalized spacial score (nSPS) is 29.2. The molecular formula is C11H17N3O. The Balaban J connectivity index is 1.87. The Kier molecular flexibility index (Phi) is 2.07. The number of ketones is 1. The van der Waals surface area contributed by atoms with Crippen molar-refractivity contribution >= 4 is 5.78 Å². The van der Waals surface area contributed by atoms with E-state index in [2.05, 4.69) is 16.2 Å². The maximum atomic E-state index is 12.0. The summed E-state index contributed by atoms with van der Waals surface area (Å²) in [5.41, 5.74) is 8.48. The number of piperidine rings is 1. The van der Waals surface area contributed by atoms with E-state index in [1.165, 1.54) is 5.57 Å². The Morgan fingerprint density at radius 1 is 1.13 bits per heavy atom. The molecular weight excluding hydrogens is 190 g/mol. The number of hydrogen-bond donors (Lipinski definition) is 3. The van der Waals surface area contributed by atoms with Gasteiger partial charge in [-0.3, -0.25) is 4.79 Å². The van der Waals surface area contributed by atoms with Gasteiger partial charge in [0.1, 0.15) is 0 Å². The van der Waals surface area contributed by atoms with Crippen molar-refractivity contribution in [3.8, 4) is 0 Å². The molecule has 3 rings (SSSR count). The van der Waals surface area contributed by atoms with Crippen LogP contribution in [0.3, 0.4) is 0 Å². The van der Waals surface area contributed by atoms with Gasteiger partial charge in [-0.15, -0.1) is 0 Å². The first-order chi connectivity index (χ1) is 7.29. The zero-order valence-corrected chi connectivity index (χ0v) is 8.86. The highest BCUT2D eigenvalue weighted by molar-refractivity contribution is 5.97. The fourth-order valence-electron chi connectivity index (χ4n) is 3.09. The number of carbonyl (C=O) groups is 1. The van der Waals surface area contributed by atoms with Gasteiger partial charge >= 0.3 is 0 Å². The summed E-state index contributed by atoms with van der Waals surface area (Å²) in [7, 11) is 0. The highest BCUT2D eigenvalue weighted by Crippen LogP contribution is 2.43. The van der Waals surface area contributed by atoms with Gasteiger partial charge in [-0.05, 0) is 43.3 Å². The molecule has 0 aromatic rings. The van der Waals surface area contributed by atoms with Crippen LogP contribution in [0.25, 0.3) is 0 Å². The molecule has 0 bridgehead atoms. The van der Waals surface area contributed by atoms with Crippen molar-refractivity contribution in [2.45, 2.75) is 25.7 Å². The van der Waals surface area contributed by atoms with Crippen molar-refractivity contribution in [1.29, 1.82) is 0 Å². The number of nitrogens with one attached hydrogen (secondary N) is 3. The Labute approximate surface area is 89.5 Å². The molecule has 4 heteroatoms. The maximum Gasteiger partial charge on any atom is 0.180 e. The zero-order valence-electron chi connectivity index (χ0n) is 8.86. The lowest BCUT2D eigenvalue weighted by molar-refractivity contribution is -0.119. The van der Waals surface area contributed by atoms with Gasteiger partial charge < -0.3 is 10.7 Å². The molecule has 1 aliphatic carbocycles. The smallest absolute Gasteiger partial charge is 0.180 e. The first kappa shape index (κ1) is 9.36. The van der Waals surface area contributed by atoms with Gasteiger partial charge in [-0.1, -0.05) is 0 Å². The maximum absolute atomic E-state index is 12.0. The highest BCUT2D eigenvalue weighted by Gasteiger charge is 2.41. The minimum absolute atomic E-state index is 0.273. The number of hydrogen-bond acceptors (Lipinski definition) is 4. The lowest BCUT2D eigenvalue weighted by atomic mass is 9.67. The topological polar surface area (TPSA) is 53.2 Å². The minimum Gasteiger partial charge on any atom is -0.318 e. The van der Waals surface area contributed by atoms with Gasteiger partial charge in [0, 0.05) is 13.0 Å². The van der Waals surface area contributed by atoms with Crippen LogP contribution < -0.4 is 16.2 Å². The van der Waals surface area contributed by atoms with Crippen molar-refractivity contribution in [3.05, 3.63) is 11.3 Å². The van der Waals surface area contributed by atoms with Gasteiger partial charge in [0.25, 0.3) is 0 Å². The predicted molar refractivity (Wildman–Crippen MR) is 56.9 cm³/mol. The summed E-state index contributed by atoms with van der Waals surface area (Å²) in [5, 5.41) is 3.37. The molecule has 82 valence electrons. The Morgan fingerprint density at radius 2 is 1.93 bits per heavy atom. The number of hydrazine groups is 1. The van der Waals surface area contributed by atoms with Gasteiger partial charge in [-0.25, -0.2) is 5.43 Å². The van der Waals surface area contributed by atoms with E-state index in [4.69, 9.17) is 0 Å². The summed E-state index contributed by atoms with van der Waals surface area (Å²) in [6, 6.07) is 0. The van der Waals surface area contributed by atoms with Crippen molar-refractivity contribution in [1.82, 2.24) is 16.2 Å². The van der Waals surface area contributed by atoms with Gasteiger partial charge in [0.2, 0.25) is 0 Å². The number of allylic oxidation sites excluding steroid dienone is 1. The van der Waals surface area contributed by atoms with Crippen LogP contribution in [0.4, 0.5) is 0 Å². The van der Waals surface area contributed by atoms with Crippen LogP contribution in [-0.4, -0.2) is 25.4 Å². The SMILES string of the molecule is O=C1CC2(CCNCC2)CC2=C1NNC2. The summed E-state index contributed by atoms with van der Waals surface area (Å²) < 4.78 is 0. The molecule has 4 nitrogen and oxygen atoms in total. The first-order valence-electron chi connectivity index (χ1n) is 5.74. The van der Waals surface area contributed by atoms with Crippen LogP contribution in [0.1, 0.15) is 25.7 Å². The van der Waals surface area contributed by atoms with E-state index in [1.807, 2.05) is 0 Å². The van der Waals surface area contributed by atoms with Gasteiger partial charge in [0.05, 0.1) is 5.70 Å². The first-order valence-corrected chi connectivity index (χ1v) is 5.74. The molecule has 2 heterocycles. The monoisotopic (exact) mass is 207 g/mol. The van der Waals surface area contributed by atoms with Gasteiger partial charge in [0.15, 0.2) is 5.78 Å². The largest absolute Gasteiger partial charge is 0.318 e. The zero-order chi connectivity index (χ0) is 10.3. The van der Waals surface area contributed by atoms with Gasteiger partial charge in [-0.2, -0.15) is 0 Å². The third-order valence-corrected chi connectivity index (χ3v) is 3.94. The second-order valence-corrected chi connectivity index (χ2v) is 4.98. The van der Waals surface area contributed by atoms with Crippen LogP contribution in [0.2, 0.25) is 0 Å². The average Bonchev–Trinajstić information content (AvgIpc) is 2.67. The van der Waals surface area contributed by atoms with Crippen LogP contribution in [0, 0.1) is 5.41 Å². The molecule has 0 unspecified atom stereocenters. The molecule has 1 saturated heterocycles. The van der Waals surface area contributed by atoms with Crippen LogP contribution in [-0.2, 0) is 4.79 Å². The van der Waals surface area contributed by atoms with Crippen LogP contribution >= 0.6 is 0 Å². The average molecular weight is 207 g/mol. The van der Waals surface area contributed by atoms with E-state index in [1.54, 1.807) is 0 Å². The molecule has 3 N–H and O–H groups in total. The van der Waals surface area contributed by atoms with Crippen molar-refractivity contribution in [2.24, 2.45) is 5.41 Å². The van der Waals surface area contributed by atoms with E-state index in [0.29, 0.717) is 5.78 Å². The Bertz CT molecular complexity index is 329. The fraction of sp³-hybridized carbons (Fsp3) is 0.727. The lowest BCUT2D eigenvalue weighted by Gasteiger charge is -2.40. The van der Waals surface area contributed by atoms with Crippen molar-refractivity contribution in [2.75, 3.05) is 19.6 Å². The molecule has 3 aliphatic rings. The molecule has 2 aliphatic heterocycles. The number of rotatable bonds is 0. The van der Waals surface area contributed by atoms with E-state index in [0.717, 1.165) is 51.0 Å². The number of carbonyl (C=O) groups excluding carboxylic acids is 1. The summed E-state index contributed by atoms with van der Waals surface area (Å²) >= 11 is 0. The molecule has 0 aromatic carbocycles.